The van der Waals surface area contributed by atoms with Gasteiger partial charge in [0.05, 0.1) is 6.42 Å². The summed E-state index contributed by atoms with van der Waals surface area (Å²) in [6.07, 6.45) is -1.27. The fraction of sp³-hybridized carbons (Fsp3) is 0.250. The lowest BCUT2D eigenvalue weighted by Crippen LogP contribution is -2.40. The topological polar surface area (TPSA) is 93.1 Å². The van der Waals surface area contributed by atoms with Gasteiger partial charge in [-0.3, -0.25) is 9.69 Å². The minimum absolute atomic E-state index is 0.0946. The normalized spacial score (nSPS) is 18.0. The number of rotatable bonds is 4. The summed E-state index contributed by atoms with van der Waals surface area (Å²) in [6.45, 7) is -0.204. The second-order valence-corrected chi connectivity index (χ2v) is 6.48. The molecule has 2 aliphatic rings. The Morgan fingerprint density at radius 1 is 1.07 bits per heavy atom. The van der Waals surface area contributed by atoms with Crippen molar-refractivity contribution < 1.29 is 29.0 Å². The van der Waals surface area contributed by atoms with Gasteiger partial charge >= 0.3 is 18.0 Å². The molecule has 2 aromatic carbocycles. The maximum atomic E-state index is 12.4. The van der Waals surface area contributed by atoms with E-state index < -0.39 is 30.5 Å². The third kappa shape index (κ3) is 3.01. The summed E-state index contributed by atoms with van der Waals surface area (Å²) < 4.78 is 10.3. The lowest BCUT2D eigenvalue weighted by Gasteiger charge is -2.20. The van der Waals surface area contributed by atoms with Gasteiger partial charge in [0.1, 0.15) is 12.6 Å². The monoisotopic (exact) mass is 367 g/mol. The van der Waals surface area contributed by atoms with Crippen LogP contribution in [0.3, 0.4) is 0 Å². The minimum atomic E-state index is -1.18. The number of ether oxygens (including phenoxy) is 2. The molecule has 4 rings (SSSR count). The van der Waals surface area contributed by atoms with Crippen LogP contribution < -0.4 is 0 Å². The molecule has 27 heavy (non-hydrogen) atoms. The molecule has 0 spiro atoms. The Labute approximate surface area is 155 Å². The maximum Gasteiger partial charge on any atom is 0.413 e. The summed E-state index contributed by atoms with van der Waals surface area (Å²) in [7, 11) is 0. The summed E-state index contributed by atoms with van der Waals surface area (Å²) in [5.41, 5.74) is 4.36. The maximum absolute atomic E-state index is 12.4. The number of hydrogen-bond donors (Lipinski definition) is 1. The standard InChI is InChI=1S/C20H17NO6/c22-18(23)9-17-19(24)27-11-21(17)20(25)26-10-16-14-7-3-1-5-12(14)13-6-2-4-8-15(13)16/h1-8,16-17H,9-11H2,(H,22,23)/t17-/m0/s1. The van der Waals surface area contributed by atoms with Crippen molar-refractivity contribution in [3.05, 3.63) is 59.7 Å². The Kier molecular flexibility index (Phi) is 4.27. The van der Waals surface area contributed by atoms with E-state index in [0.717, 1.165) is 27.2 Å². The van der Waals surface area contributed by atoms with Crippen molar-refractivity contribution in [1.82, 2.24) is 4.90 Å². The molecule has 1 saturated heterocycles. The molecule has 1 aliphatic carbocycles. The molecular formula is C20H17NO6. The lowest BCUT2D eigenvalue weighted by atomic mass is 9.98. The second kappa shape index (κ2) is 6.75. The Balaban J connectivity index is 1.51. The quantitative estimate of drug-likeness (QED) is 0.835. The summed E-state index contributed by atoms with van der Waals surface area (Å²) in [5.74, 6) is -2.03. The first-order chi connectivity index (χ1) is 13.1. The average Bonchev–Trinajstić information content (AvgIpc) is 3.18. The number of carboxylic acids is 1. The molecule has 138 valence electrons. The number of fused-ring (bicyclic) bond motifs is 3. The Morgan fingerprint density at radius 2 is 1.67 bits per heavy atom. The van der Waals surface area contributed by atoms with Crippen LogP contribution in [0.1, 0.15) is 23.5 Å². The van der Waals surface area contributed by atoms with Crippen molar-refractivity contribution in [1.29, 1.82) is 0 Å². The lowest BCUT2D eigenvalue weighted by molar-refractivity contribution is -0.144. The first-order valence-electron chi connectivity index (χ1n) is 8.56. The van der Waals surface area contributed by atoms with Crippen LogP contribution in [-0.4, -0.2) is 47.4 Å². The van der Waals surface area contributed by atoms with Gasteiger partial charge in [-0.25, -0.2) is 9.59 Å². The van der Waals surface area contributed by atoms with E-state index >= 15 is 0 Å². The van der Waals surface area contributed by atoms with Gasteiger partial charge < -0.3 is 14.6 Å². The Hall–Kier alpha value is -3.35. The second-order valence-electron chi connectivity index (χ2n) is 6.48. The molecule has 1 atom stereocenters. The number of esters is 1. The first kappa shape index (κ1) is 17.1. The van der Waals surface area contributed by atoms with Crippen LogP contribution >= 0.6 is 0 Å². The predicted molar refractivity (Wildman–Crippen MR) is 93.9 cm³/mol. The number of amides is 1. The fourth-order valence-electron chi connectivity index (χ4n) is 3.66. The van der Waals surface area contributed by atoms with Crippen LogP contribution in [0.5, 0.6) is 0 Å². The number of carbonyl (C=O) groups excluding carboxylic acids is 2. The van der Waals surface area contributed by atoms with E-state index in [-0.39, 0.29) is 19.3 Å². The molecule has 1 amide bonds. The molecule has 7 heteroatoms. The van der Waals surface area contributed by atoms with Crippen molar-refractivity contribution in [2.45, 2.75) is 18.4 Å². The van der Waals surface area contributed by atoms with Crippen LogP contribution in [0, 0.1) is 0 Å². The Bertz CT molecular complexity index is 879. The highest BCUT2D eigenvalue weighted by molar-refractivity contribution is 5.87. The summed E-state index contributed by atoms with van der Waals surface area (Å²) >= 11 is 0. The molecule has 0 bridgehead atoms. The number of benzene rings is 2. The Morgan fingerprint density at radius 3 is 2.26 bits per heavy atom. The van der Waals surface area contributed by atoms with Gasteiger partial charge in [0.15, 0.2) is 6.73 Å². The molecule has 0 aromatic heterocycles. The summed E-state index contributed by atoms with van der Waals surface area (Å²) in [5, 5.41) is 8.93. The smallest absolute Gasteiger partial charge is 0.413 e. The molecule has 0 unspecified atom stereocenters. The van der Waals surface area contributed by atoms with Crippen LogP contribution in [-0.2, 0) is 19.1 Å². The molecular weight excluding hydrogens is 350 g/mol. The number of cyclic esters (lactones) is 1. The van der Waals surface area contributed by atoms with Crippen molar-refractivity contribution in [3.8, 4) is 11.1 Å². The van der Waals surface area contributed by atoms with E-state index in [1.807, 2.05) is 48.5 Å². The zero-order valence-corrected chi connectivity index (χ0v) is 14.3. The summed E-state index contributed by atoms with van der Waals surface area (Å²) in [6, 6.07) is 14.7. The van der Waals surface area contributed by atoms with E-state index in [2.05, 4.69) is 0 Å². The predicted octanol–water partition coefficient (Wildman–Crippen LogP) is 2.60. The highest BCUT2D eigenvalue weighted by Crippen LogP contribution is 2.44. The van der Waals surface area contributed by atoms with Gasteiger partial charge in [-0.2, -0.15) is 0 Å². The van der Waals surface area contributed by atoms with E-state index in [4.69, 9.17) is 14.6 Å². The van der Waals surface area contributed by atoms with E-state index in [1.54, 1.807) is 0 Å². The largest absolute Gasteiger partial charge is 0.481 e. The van der Waals surface area contributed by atoms with Crippen molar-refractivity contribution in [2.24, 2.45) is 0 Å². The van der Waals surface area contributed by atoms with Crippen LogP contribution in [0.4, 0.5) is 4.79 Å². The number of carboxylic acid groups (broad SMARTS) is 1. The van der Waals surface area contributed by atoms with Crippen LogP contribution in [0.15, 0.2) is 48.5 Å². The molecule has 7 nitrogen and oxygen atoms in total. The third-order valence-electron chi connectivity index (χ3n) is 4.93. The third-order valence-corrected chi connectivity index (χ3v) is 4.93. The van der Waals surface area contributed by atoms with Crippen molar-refractivity contribution >= 4 is 18.0 Å². The molecule has 1 aliphatic heterocycles. The van der Waals surface area contributed by atoms with E-state index in [1.165, 1.54) is 0 Å². The van der Waals surface area contributed by atoms with Gasteiger partial charge in [0.25, 0.3) is 0 Å². The zero-order valence-electron chi connectivity index (χ0n) is 14.3. The highest BCUT2D eigenvalue weighted by Gasteiger charge is 2.40. The van der Waals surface area contributed by atoms with E-state index in [0.29, 0.717) is 0 Å². The zero-order chi connectivity index (χ0) is 19.0. The highest BCUT2D eigenvalue weighted by atomic mass is 16.6. The van der Waals surface area contributed by atoms with Crippen LogP contribution in [0.2, 0.25) is 0 Å². The first-order valence-corrected chi connectivity index (χ1v) is 8.56. The minimum Gasteiger partial charge on any atom is -0.481 e. The number of hydrogen-bond acceptors (Lipinski definition) is 5. The SMILES string of the molecule is O=C(O)C[C@H]1C(=O)OCN1C(=O)OCC1c2ccccc2-c2ccccc21. The van der Waals surface area contributed by atoms with Gasteiger partial charge in [-0.05, 0) is 22.3 Å². The van der Waals surface area contributed by atoms with Gasteiger partial charge in [0, 0.05) is 5.92 Å². The fourth-order valence-corrected chi connectivity index (χ4v) is 3.66. The average molecular weight is 367 g/mol. The summed E-state index contributed by atoms with van der Waals surface area (Å²) in [4.78, 5) is 36.1. The molecule has 1 heterocycles. The number of carbonyl (C=O) groups is 3. The van der Waals surface area contributed by atoms with Gasteiger partial charge in [0.2, 0.25) is 0 Å². The van der Waals surface area contributed by atoms with Gasteiger partial charge in [-0.1, -0.05) is 48.5 Å². The molecule has 0 radical (unpaired) electrons. The molecule has 2 aromatic rings. The van der Waals surface area contributed by atoms with Gasteiger partial charge in [-0.15, -0.1) is 0 Å². The number of nitrogens with zero attached hydrogens (tertiary/aromatic N) is 1. The van der Waals surface area contributed by atoms with Crippen molar-refractivity contribution in [3.63, 3.8) is 0 Å². The van der Waals surface area contributed by atoms with Crippen LogP contribution in [0.25, 0.3) is 11.1 Å². The van der Waals surface area contributed by atoms with E-state index in [9.17, 15) is 14.4 Å². The molecule has 1 fully saturated rings. The van der Waals surface area contributed by atoms with Crippen molar-refractivity contribution in [2.75, 3.05) is 13.3 Å². The number of aliphatic carboxylic acids is 1. The molecule has 1 N–H and O–H groups in total. The molecule has 0 saturated carbocycles.